The fourth-order valence-corrected chi connectivity index (χ4v) is 2.36. The number of carbonyl (C=O) groups excluding carboxylic acids is 1. The van der Waals surface area contributed by atoms with Crippen molar-refractivity contribution >= 4 is 11.6 Å². The Balaban J connectivity index is 1.99. The largest absolute Gasteiger partial charge is 0.326 e. The maximum Gasteiger partial charge on any atom is 0.221 e. The molecule has 3 aromatic rings. The van der Waals surface area contributed by atoms with Crippen molar-refractivity contribution in [2.45, 2.75) is 6.92 Å². The Morgan fingerprint density at radius 2 is 1.23 bits per heavy atom. The van der Waals surface area contributed by atoms with Gasteiger partial charge in [0.2, 0.25) is 5.91 Å². The van der Waals surface area contributed by atoms with Gasteiger partial charge in [-0.25, -0.2) is 0 Å². The predicted octanol–water partition coefficient (Wildman–Crippen LogP) is 4.44. The molecule has 1 amide bonds. The zero-order valence-electron chi connectivity index (χ0n) is 14.4. The van der Waals surface area contributed by atoms with Crippen LogP contribution >= 0.6 is 0 Å². The summed E-state index contributed by atoms with van der Waals surface area (Å²) in [6.45, 7) is 1.48. The molecule has 0 fully saturated rings. The van der Waals surface area contributed by atoms with Crippen LogP contribution in [0.1, 0.15) is 29.2 Å². The van der Waals surface area contributed by atoms with E-state index in [1.54, 1.807) is 0 Å². The maximum absolute atomic E-state index is 11.3. The molecule has 0 aliphatic carbocycles. The van der Waals surface area contributed by atoms with Gasteiger partial charge in [0.05, 0.1) is 0 Å². The lowest BCUT2D eigenvalue weighted by Gasteiger charge is -2.04. The average Bonchev–Trinajstić information content (AvgIpc) is 2.67. The third-order valence-corrected chi connectivity index (χ3v) is 3.57. The second kappa shape index (κ2) is 8.38. The quantitative estimate of drug-likeness (QED) is 0.654. The Bertz CT molecular complexity index is 1030. The number of anilines is 1. The minimum absolute atomic E-state index is 0.116. The average molecular weight is 335 g/mol. The van der Waals surface area contributed by atoms with Gasteiger partial charge in [0.1, 0.15) is 0 Å². The molecule has 3 aromatic carbocycles. The highest BCUT2D eigenvalue weighted by Gasteiger charge is 2.02. The third-order valence-electron chi connectivity index (χ3n) is 3.57. The fourth-order valence-electron chi connectivity index (χ4n) is 2.36. The van der Waals surface area contributed by atoms with E-state index in [1.165, 1.54) is 6.92 Å². The summed E-state index contributed by atoms with van der Waals surface area (Å²) in [5.74, 6) is 12.5. The molecule has 0 aromatic heterocycles. The van der Waals surface area contributed by atoms with Crippen LogP contribution in [0.5, 0.6) is 0 Å². The molecule has 1 N–H and O–H groups in total. The van der Waals surface area contributed by atoms with Crippen LogP contribution in [0.15, 0.2) is 78.9 Å². The molecule has 0 spiro atoms. The van der Waals surface area contributed by atoms with Gasteiger partial charge in [0.25, 0.3) is 0 Å². The van der Waals surface area contributed by atoms with E-state index in [4.69, 9.17) is 0 Å². The zero-order chi connectivity index (χ0) is 18.2. The number of rotatable bonds is 1. The van der Waals surface area contributed by atoms with E-state index < -0.39 is 0 Å². The molecule has 0 unspecified atom stereocenters. The molecule has 2 heteroatoms. The molecule has 0 heterocycles. The summed E-state index contributed by atoms with van der Waals surface area (Å²) < 4.78 is 0. The second-order valence-electron chi connectivity index (χ2n) is 5.67. The van der Waals surface area contributed by atoms with E-state index in [2.05, 4.69) is 29.0 Å². The minimum atomic E-state index is -0.116. The lowest BCUT2D eigenvalue weighted by Crippen LogP contribution is -2.06. The molecule has 124 valence electrons. The first-order valence-corrected chi connectivity index (χ1v) is 8.26. The smallest absolute Gasteiger partial charge is 0.221 e. The van der Waals surface area contributed by atoms with Crippen LogP contribution in [0.25, 0.3) is 0 Å². The molecule has 0 aliphatic heterocycles. The van der Waals surface area contributed by atoms with Crippen LogP contribution in [0, 0.1) is 23.7 Å². The summed E-state index contributed by atoms with van der Waals surface area (Å²) in [6, 6.07) is 25.2. The Morgan fingerprint density at radius 1 is 0.692 bits per heavy atom. The summed E-state index contributed by atoms with van der Waals surface area (Å²) in [6.07, 6.45) is 0. The van der Waals surface area contributed by atoms with E-state index in [9.17, 15) is 4.79 Å². The molecule has 0 radical (unpaired) electrons. The lowest BCUT2D eigenvalue weighted by atomic mass is 10.1. The maximum atomic E-state index is 11.3. The van der Waals surface area contributed by atoms with Gasteiger partial charge in [-0.2, -0.15) is 0 Å². The number of amides is 1. The standard InChI is InChI=1S/C24H17NO/c1-19(26)25-24-17-16-22(14-12-20-8-4-2-5-9-20)23(18-24)15-13-21-10-6-3-7-11-21/h2-11,16-18H,1H3,(H,25,26). The number of nitrogens with one attached hydrogen (secondary N) is 1. The molecule has 2 nitrogen and oxygen atoms in total. The zero-order valence-corrected chi connectivity index (χ0v) is 14.4. The van der Waals surface area contributed by atoms with Crippen molar-refractivity contribution < 1.29 is 4.79 Å². The topological polar surface area (TPSA) is 29.1 Å². The van der Waals surface area contributed by atoms with Gasteiger partial charge in [0.15, 0.2) is 0 Å². The molecule has 0 saturated carbocycles. The Morgan fingerprint density at radius 3 is 1.77 bits per heavy atom. The molecular weight excluding hydrogens is 318 g/mol. The summed E-state index contributed by atoms with van der Waals surface area (Å²) in [5, 5.41) is 2.79. The highest BCUT2D eigenvalue weighted by atomic mass is 16.1. The van der Waals surface area contributed by atoms with Crippen LogP contribution in [-0.2, 0) is 4.79 Å². The number of hydrogen-bond acceptors (Lipinski definition) is 1. The number of hydrogen-bond donors (Lipinski definition) is 1. The first-order valence-electron chi connectivity index (χ1n) is 8.26. The van der Waals surface area contributed by atoms with E-state index in [0.29, 0.717) is 5.69 Å². The van der Waals surface area contributed by atoms with Crippen LogP contribution in [-0.4, -0.2) is 5.91 Å². The van der Waals surface area contributed by atoms with Gasteiger partial charge >= 0.3 is 0 Å². The first kappa shape index (κ1) is 17.1. The summed E-state index contributed by atoms with van der Waals surface area (Å²) in [4.78, 5) is 11.3. The van der Waals surface area contributed by atoms with Gasteiger partial charge in [-0.05, 0) is 42.5 Å². The van der Waals surface area contributed by atoms with E-state index >= 15 is 0 Å². The molecule has 26 heavy (non-hydrogen) atoms. The van der Waals surface area contributed by atoms with Gasteiger partial charge < -0.3 is 5.32 Å². The highest BCUT2D eigenvalue weighted by molar-refractivity contribution is 5.89. The van der Waals surface area contributed by atoms with Crippen molar-refractivity contribution in [3.8, 4) is 23.7 Å². The van der Waals surface area contributed by atoms with Crippen LogP contribution < -0.4 is 5.32 Å². The fraction of sp³-hybridized carbons (Fsp3) is 0.0417. The normalized spacial score (nSPS) is 9.27. The molecule has 3 rings (SSSR count). The van der Waals surface area contributed by atoms with Crippen molar-refractivity contribution in [2.24, 2.45) is 0 Å². The highest BCUT2D eigenvalue weighted by Crippen LogP contribution is 2.15. The van der Waals surface area contributed by atoms with Crippen molar-refractivity contribution in [1.29, 1.82) is 0 Å². The third kappa shape index (κ3) is 4.87. The van der Waals surface area contributed by atoms with Gasteiger partial charge in [0, 0.05) is 34.9 Å². The first-order chi connectivity index (χ1) is 12.7. The summed E-state index contributed by atoms with van der Waals surface area (Å²) in [5.41, 5.74) is 4.19. The van der Waals surface area contributed by atoms with Crippen LogP contribution in [0.4, 0.5) is 5.69 Å². The van der Waals surface area contributed by atoms with Gasteiger partial charge in [-0.15, -0.1) is 0 Å². The number of benzene rings is 3. The van der Waals surface area contributed by atoms with Crippen molar-refractivity contribution in [2.75, 3.05) is 5.32 Å². The Kier molecular flexibility index (Phi) is 5.51. The minimum Gasteiger partial charge on any atom is -0.326 e. The van der Waals surface area contributed by atoms with Gasteiger partial charge in [-0.1, -0.05) is 60.1 Å². The predicted molar refractivity (Wildman–Crippen MR) is 106 cm³/mol. The van der Waals surface area contributed by atoms with Crippen LogP contribution in [0.2, 0.25) is 0 Å². The monoisotopic (exact) mass is 335 g/mol. The van der Waals surface area contributed by atoms with Crippen molar-refractivity contribution in [3.05, 3.63) is 101 Å². The Labute approximate surface area is 153 Å². The van der Waals surface area contributed by atoms with Crippen molar-refractivity contribution in [1.82, 2.24) is 0 Å². The molecule has 0 aliphatic rings. The second-order valence-corrected chi connectivity index (χ2v) is 5.67. The van der Waals surface area contributed by atoms with E-state index in [1.807, 2.05) is 78.9 Å². The lowest BCUT2D eigenvalue weighted by molar-refractivity contribution is -0.114. The molecule has 0 bridgehead atoms. The SMILES string of the molecule is CC(=O)Nc1ccc(C#Cc2ccccc2)c(C#Cc2ccccc2)c1. The summed E-state index contributed by atoms with van der Waals surface area (Å²) >= 11 is 0. The van der Waals surface area contributed by atoms with E-state index in [-0.39, 0.29) is 5.91 Å². The summed E-state index contributed by atoms with van der Waals surface area (Å²) in [7, 11) is 0. The molecule has 0 atom stereocenters. The molecule has 0 saturated heterocycles. The van der Waals surface area contributed by atoms with E-state index in [0.717, 1.165) is 22.3 Å². The van der Waals surface area contributed by atoms with Crippen LogP contribution in [0.3, 0.4) is 0 Å². The Hall–Kier alpha value is -3.75. The van der Waals surface area contributed by atoms with Gasteiger partial charge in [-0.3, -0.25) is 4.79 Å². The van der Waals surface area contributed by atoms with Crippen molar-refractivity contribution in [3.63, 3.8) is 0 Å². The number of carbonyl (C=O) groups is 1. The molecular formula is C24H17NO.